The van der Waals surface area contributed by atoms with E-state index in [4.69, 9.17) is 5.73 Å². The molecule has 2 heterocycles. The highest BCUT2D eigenvalue weighted by molar-refractivity contribution is 7.16. The van der Waals surface area contributed by atoms with Gasteiger partial charge in [0.25, 0.3) is 5.91 Å². The maximum absolute atomic E-state index is 12.1. The van der Waals surface area contributed by atoms with E-state index in [0.29, 0.717) is 16.6 Å². The molecule has 0 fully saturated rings. The lowest BCUT2D eigenvalue weighted by Gasteiger charge is -1.96. The van der Waals surface area contributed by atoms with E-state index in [2.05, 4.69) is 27.4 Å². The van der Waals surface area contributed by atoms with Crippen molar-refractivity contribution in [3.05, 3.63) is 26.4 Å². The quantitative estimate of drug-likeness (QED) is 0.850. The zero-order chi connectivity index (χ0) is 14.5. The molecule has 2 rings (SSSR count). The Balaban J connectivity index is 2.13. The van der Waals surface area contributed by atoms with Gasteiger partial charge in [0.1, 0.15) is 5.01 Å². The number of nitrogens with one attached hydrogen (secondary N) is 1. The zero-order valence-electron chi connectivity index (χ0n) is 11.2. The van der Waals surface area contributed by atoms with Crippen LogP contribution in [0.3, 0.4) is 0 Å². The number of nitrogens with two attached hydrogens (primary N) is 1. The third-order valence-corrected chi connectivity index (χ3v) is 4.57. The van der Waals surface area contributed by atoms with Crippen LogP contribution in [-0.4, -0.2) is 22.6 Å². The third kappa shape index (κ3) is 3.42. The van der Waals surface area contributed by atoms with Crippen LogP contribution in [0.2, 0.25) is 0 Å². The first-order valence-electron chi connectivity index (χ1n) is 6.07. The second kappa shape index (κ2) is 6.61. The molecule has 2 aromatic heterocycles. The van der Waals surface area contributed by atoms with Gasteiger partial charge in [0.15, 0.2) is 0 Å². The fraction of sp³-hybridized carbons (Fsp3) is 0.308. The van der Waals surface area contributed by atoms with Gasteiger partial charge in [0.05, 0.1) is 16.3 Å². The first kappa shape index (κ1) is 14.7. The minimum atomic E-state index is -0.183. The Morgan fingerprint density at radius 3 is 2.90 bits per heavy atom. The largest absolute Gasteiger partial charge is 0.320 e. The maximum atomic E-state index is 12.1. The molecule has 0 aliphatic heterocycles. The van der Waals surface area contributed by atoms with Crippen LogP contribution in [0.15, 0.2) is 6.07 Å². The first-order chi connectivity index (χ1) is 9.63. The van der Waals surface area contributed by atoms with Gasteiger partial charge in [-0.3, -0.25) is 10.1 Å². The highest BCUT2D eigenvalue weighted by Gasteiger charge is 2.13. The van der Waals surface area contributed by atoms with Crippen molar-refractivity contribution in [2.75, 3.05) is 11.9 Å². The number of aromatic nitrogens is 2. The first-order valence-corrected chi connectivity index (χ1v) is 7.70. The summed E-state index contributed by atoms with van der Waals surface area (Å²) in [6, 6.07) is 1.82. The summed E-state index contributed by atoms with van der Waals surface area (Å²) in [7, 11) is 0. The molecule has 3 N–H and O–H groups in total. The van der Waals surface area contributed by atoms with Gasteiger partial charge in [0, 0.05) is 0 Å². The van der Waals surface area contributed by atoms with E-state index in [1.165, 1.54) is 22.7 Å². The zero-order valence-corrected chi connectivity index (χ0v) is 12.8. The summed E-state index contributed by atoms with van der Waals surface area (Å²) < 4.78 is 0. The Bertz CT molecular complexity index is 678. The monoisotopic (exact) mass is 306 g/mol. The van der Waals surface area contributed by atoms with Crippen LogP contribution in [0.4, 0.5) is 5.13 Å². The number of nitrogens with zero attached hydrogens (tertiary/aromatic N) is 2. The molecule has 0 radical (unpaired) electrons. The third-order valence-electron chi connectivity index (χ3n) is 2.44. The number of thiophene rings is 1. The van der Waals surface area contributed by atoms with Gasteiger partial charge in [-0.25, -0.2) is 0 Å². The van der Waals surface area contributed by atoms with E-state index in [1.54, 1.807) is 0 Å². The van der Waals surface area contributed by atoms with Crippen LogP contribution in [0.1, 0.15) is 32.0 Å². The molecule has 104 valence electrons. The van der Waals surface area contributed by atoms with Crippen LogP contribution in [0.5, 0.6) is 0 Å². The van der Waals surface area contributed by atoms with Crippen molar-refractivity contribution in [3.63, 3.8) is 0 Å². The second-order valence-electron chi connectivity index (χ2n) is 3.94. The van der Waals surface area contributed by atoms with Crippen molar-refractivity contribution in [1.82, 2.24) is 10.2 Å². The molecule has 0 spiro atoms. The average Bonchev–Trinajstić information content (AvgIpc) is 3.03. The topological polar surface area (TPSA) is 80.9 Å². The van der Waals surface area contributed by atoms with Gasteiger partial charge in [0.2, 0.25) is 5.13 Å². The highest BCUT2D eigenvalue weighted by Crippen LogP contribution is 2.23. The normalized spacial score (nSPS) is 9.95. The molecule has 1 amide bonds. The molecule has 0 bridgehead atoms. The Hall–Kier alpha value is -1.75. The van der Waals surface area contributed by atoms with Crippen LogP contribution in [0, 0.1) is 18.8 Å². The molecule has 2 aromatic rings. The predicted molar refractivity (Wildman–Crippen MR) is 82.2 cm³/mol. The molecule has 0 aromatic carbocycles. The molecular weight excluding hydrogens is 292 g/mol. The average molecular weight is 306 g/mol. The van der Waals surface area contributed by atoms with E-state index in [-0.39, 0.29) is 5.91 Å². The fourth-order valence-electron chi connectivity index (χ4n) is 1.46. The van der Waals surface area contributed by atoms with Gasteiger partial charge in [-0.05, 0) is 25.0 Å². The number of carbonyl (C=O) groups is 1. The Labute approximate surface area is 125 Å². The molecule has 0 atom stereocenters. The van der Waals surface area contributed by atoms with E-state index >= 15 is 0 Å². The van der Waals surface area contributed by atoms with Crippen molar-refractivity contribution in [2.45, 2.75) is 20.3 Å². The van der Waals surface area contributed by atoms with Crippen LogP contribution >= 0.6 is 22.7 Å². The summed E-state index contributed by atoms with van der Waals surface area (Å²) in [5.74, 6) is 5.57. The van der Waals surface area contributed by atoms with Gasteiger partial charge in [-0.1, -0.05) is 30.1 Å². The Morgan fingerprint density at radius 2 is 2.25 bits per heavy atom. The molecule has 0 saturated heterocycles. The predicted octanol–water partition coefficient (Wildman–Crippen LogP) is 2.03. The van der Waals surface area contributed by atoms with Crippen molar-refractivity contribution >= 4 is 33.7 Å². The van der Waals surface area contributed by atoms with Gasteiger partial charge >= 0.3 is 0 Å². The van der Waals surface area contributed by atoms with Crippen molar-refractivity contribution in [1.29, 1.82) is 0 Å². The summed E-state index contributed by atoms with van der Waals surface area (Å²) in [5.41, 5.74) is 6.33. The standard InChI is InChI=1S/C13H14N4OS2/c1-3-11-16-17-13(20-11)15-12(18)10-7-8(2)9(19-10)5-4-6-14/h7H,3,6,14H2,1-2H3,(H,15,17,18). The molecule has 5 nitrogen and oxygen atoms in total. The molecule has 7 heteroatoms. The van der Waals surface area contributed by atoms with Gasteiger partial charge in [-0.15, -0.1) is 21.5 Å². The molecule has 20 heavy (non-hydrogen) atoms. The molecule has 0 aliphatic carbocycles. The number of anilines is 1. The molecule has 0 unspecified atom stereocenters. The van der Waals surface area contributed by atoms with E-state index < -0.39 is 0 Å². The summed E-state index contributed by atoms with van der Waals surface area (Å²) in [6.45, 7) is 4.23. The lowest BCUT2D eigenvalue weighted by atomic mass is 10.2. The van der Waals surface area contributed by atoms with Crippen molar-refractivity contribution in [2.24, 2.45) is 5.73 Å². The summed E-state index contributed by atoms with van der Waals surface area (Å²) in [5, 5.41) is 12.1. The van der Waals surface area contributed by atoms with E-state index in [0.717, 1.165) is 21.9 Å². The minimum Gasteiger partial charge on any atom is -0.320 e. The minimum absolute atomic E-state index is 0.183. The molecular formula is C13H14N4OS2. The number of aryl methyl sites for hydroxylation is 2. The number of rotatable bonds is 3. The fourth-order valence-corrected chi connectivity index (χ4v) is 3.07. The van der Waals surface area contributed by atoms with Crippen molar-refractivity contribution in [3.8, 4) is 11.8 Å². The van der Waals surface area contributed by atoms with Crippen LogP contribution in [0.25, 0.3) is 0 Å². The molecule has 0 saturated carbocycles. The van der Waals surface area contributed by atoms with Crippen LogP contribution in [-0.2, 0) is 6.42 Å². The van der Waals surface area contributed by atoms with E-state index in [9.17, 15) is 4.79 Å². The van der Waals surface area contributed by atoms with E-state index in [1.807, 2.05) is 19.9 Å². The maximum Gasteiger partial charge on any atom is 0.267 e. The smallest absolute Gasteiger partial charge is 0.267 e. The summed E-state index contributed by atoms with van der Waals surface area (Å²) >= 11 is 2.74. The number of hydrogen-bond donors (Lipinski definition) is 2. The van der Waals surface area contributed by atoms with Crippen molar-refractivity contribution < 1.29 is 4.79 Å². The second-order valence-corrected chi connectivity index (χ2v) is 6.05. The summed E-state index contributed by atoms with van der Waals surface area (Å²) in [4.78, 5) is 13.6. The lowest BCUT2D eigenvalue weighted by molar-refractivity contribution is 0.103. The molecule has 0 aliphatic rings. The Kier molecular flexibility index (Phi) is 4.84. The van der Waals surface area contributed by atoms with Gasteiger partial charge < -0.3 is 5.73 Å². The van der Waals surface area contributed by atoms with Gasteiger partial charge in [-0.2, -0.15) is 0 Å². The van der Waals surface area contributed by atoms with Crippen LogP contribution < -0.4 is 11.1 Å². The lowest BCUT2D eigenvalue weighted by Crippen LogP contribution is -2.09. The SMILES string of the molecule is CCc1nnc(NC(=O)c2cc(C)c(C#CCN)s2)s1. The summed E-state index contributed by atoms with van der Waals surface area (Å²) in [6.07, 6.45) is 0.810. The highest BCUT2D eigenvalue weighted by atomic mass is 32.1. The number of carbonyl (C=O) groups excluding carboxylic acids is 1. The number of amides is 1. The Morgan fingerprint density at radius 1 is 1.45 bits per heavy atom. The number of hydrogen-bond acceptors (Lipinski definition) is 6.